The van der Waals surface area contributed by atoms with E-state index in [1.807, 2.05) is 24.3 Å². The third-order valence-corrected chi connectivity index (χ3v) is 4.76. The number of furan rings is 1. The molecule has 0 spiro atoms. The number of nitrogens with one attached hydrogen (secondary N) is 1. The van der Waals surface area contributed by atoms with E-state index in [0.29, 0.717) is 5.02 Å². The lowest BCUT2D eigenvalue weighted by Crippen LogP contribution is -2.23. The smallest absolute Gasteiger partial charge is 0.139 e. The highest BCUT2D eigenvalue weighted by Crippen LogP contribution is 2.36. The van der Waals surface area contributed by atoms with E-state index < -0.39 is 0 Å². The standard InChI is InChI=1S/C14H14Br2ClNO/c1-2-7-18-13(14-11(16)6-8-19-14)9-4-3-5-10(15)12(9)17/h3-6,8,13,18H,2,7H2,1H3. The maximum atomic E-state index is 6.39. The minimum atomic E-state index is -0.0608. The monoisotopic (exact) mass is 405 g/mol. The molecule has 1 atom stereocenters. The molecule has 1 heterocycles. The zero-order chi connectivity index (χ0) is 13.8. The van der Waals surface area contributed by atoms with Crippen LogP contribution in [-0.2, 0) is 0 Å². The Bertz CT molecular complexity index is 556. The average Bonchev–Trinajstić information content (AvgIpc) is 2.81. The molecule has 0 radical (unpaired) electrons. The molecule has 0 fully saturated rings. The first-order chi connectivity index (χ1) is 9.15. The summed E-state index contributed by atoms with van der Waals surface area (Å²) in [7, 11) is 0. The summed E-state index contributed by atoms with van der Waals surface area (Å²) >= 11 is 13.4. The van der Waals surface area contributed by atoms with Crippen molar-refractivity contribution in [2.45, 2.75) is 19.4 Å². The van der Waals surface area contributed by atoms with E-state index in [1.165, 1.54) is 0 Å². The molecule has 1 aromatic carbocycles. The van der Waals surface area contributed by atoms with Gasteiger partial charge < -0.3 is 9.73 Å². The van der Waals surface area contributed by atoms with E-state index in [2.05, 4.69) is 44.1 Å². The second-order valence-corrected chi connectivity index (χ2v) is 6.25. The van der Waals surface area contributed by atoms with Crippen molar-refractivity contribution in [3.8, 4) is 0 Å². The number of benzene rings is 1. The minimum absolute atomic E-state index is 0.0608. The molecule has 2 nitrogen and oxygen atoms in total. The van der Waals surface area contributed by atoms with Crippen molar-refractivity contribution in [2.75, 3.05) is 6.54 Å². The normalized spacial score (nSPS) is 12.6. The van der Waals surface area contributed by atoms with Crippen LogP contribution in [0, 0.1) is 0 Å². The van der Waals surface area contributed by atoms with Gasteiger partial charge >= 0.3 is 0 Å². The fourth-order valence-electron chi connectivity index (χ4n) is 1.89. The van der Waals surface area contributed by atoms with E-state index in [0.717, 1.165) is 33.2 Å². The minimum Gasteiger partial charge on any atom is -0.466 e. The molecular formula is C14H14Br2ClNO. The van der Waals surface area contributed by atoms with Gasteiger partial charge in [-0.25, -0.2) is 0 Å². The first-order valence-electron chi connectivity index (χ1n) is 6.05. The van der Waals surface area contributed by atoms with Crippen LogP contribution in [0.2, 0.25) is 5.02 Å². The summed E-state index contributed by atoms with van der Waals surface area (Å²) in [5, 5.41) is 4.18. The number of hydrogen-bond acceptors (Lipinski definition) is 2. The Morgan fingerprint density at radius 2 is 2.05 bits per heavy atom. The SMILES string of the molecule is CCCNC(c1cccc(Br)c1Cl)c1occc1Br. The summed E-state index contributed by atoms with van der Waals surface area (Å²) < 4.78 is 7.42. The Balaban J connectivity index is 2.43. The first kappa shape index (κ1) is 15.1. The fourth-order valence-corrected chi connectivity index (χ4v) is 2.93. The van der Waals surface area contributed by atoms with Crippen LogP contribution in [0.4, 0.5) is 0 Å². The Morgan fingerprint density at radius 3 is 2.68 bits per heavy atom. The number of hydrogen-bond donors (Lipinski definition) is 1. The van der Waals surface area contributed by atoms with Gasteiger partial charge in [0.25, 0.3) is 0 Å². The molecule has 0 amide bonds. The van der Waals surface area contributed by atoms with Crippen molar-refractivity contribution >= 4 is 43.5 Å². The van der Waals surface area contributed by atoms with Gasteiger partial charge in [-0.15, -0.1) is 0 Å². The zero-order valence-corrected chi connectivity index (χ0v) is 14.3. The lowest BCUT2D eigenvalue weighted by Gasteiger charge is -2.19. The van der Waals surface area contributed by atoms with Crippen LogP contribution < -0.4 is 5.32 Å². The predicted octanol–water partition coefficient (Wildman–Crippen LogP) is 5.55. The summed E-state index contributed by atoms with van der Waals surface area (Å²) in [6, 6.07) is 7.74. The van der Waals surface area contributed by atoms with E-state index >= 15 is 0 Å². The van der Waals surface area contributed by atoms with Gasteiger partial charge in [-0.05, 0) is 62.5 Å². The van der Waals surface area contributed by atoms with Crippen LogP contribution in [0.25, 0.3) is 0 Å². The van der Waals surface area contributed by atoms with E-state index in [4.69, 9.17) is 16.0 Å². The predicted molar refractivity (Wildman–Crippen MR) is 85.7 cm³/mol. The molecule has 2 aromatic rings. The second kappa shape index (κ2) is 6.93. The van der Waals surface area contributed by atoms with Crippen LogP contribution in [-0.4, -0.2) is 6.54 Å². The van der Waals surface area contributed by atoms with Crippen molar-refractivity contribution in [3.05, 3.63) is 55.8 Å². The molecule has 19 heavy (non-hydrogen) atoms. The Kier molecular flexibility index (Phi) is 5.51. The van der Waals surface area contributed by atoms with E-state index in [-0.39, 0.29) is 6.04 Å². The Labute approximate surface area is 134 Å². The summed E-state index contributed by atoms with van der Waals surface area (Å²) in [5.41, 5.74) is 1.00. The summed E-state index contributed by atoms with van der Waals surface area (Å²) in [6.07, 6.45) is 2.71. The first-order valence-corrected chi connectivity index (χ1v) is 8.01. The van der Waals surface area contributed by atoms with Crippen LogP contribution in [0.1, 0.15) is 30.7 Å². The zero-order valence-electron chi connectivity index (χ0n) is 10.4. The Hall–Kier alpha value is -0.290. The molecular weight excluding hydrogens is 393 g/mol. The molecule has 102 valence electrons. The molecule has 0 aliphatic rings. The molecule has 2 rings (SSSR count). The molecule has 0 aliphatic carbocycles. The quantitative estimate of drug-likeness (QED) is 0.703. The van der Waals surface area contributed by atoms with Crippen LogP contribution >= 0.6 is 43.5 Å². The summed E-state index contributed by atoms with van der Waals surface area (Å²) in [4.78, 5) is 0. The molecule has 5 heteroatoms. The molecule has 1 N–H and O–H groups in total. The van der Waals surface area contributed by atoms with Gasteiger partial charge in [0.2, 0.25) is 0 Å². The topological polar surface area (TPSA) is 25.2 Å². The maximum Gasteiger partial charge on any atom is 0.139 e. The van der Waals surface area contributed by atoms with Gasteiger partial charge in [0.05, 0.1) is 21.8 Å². The third kappa shape index (κ3) is 3.43. The molecule has 0 aliphatic heterocycles. The number of halogens is 3. The van der Waals surface area contributed by atoms with Gasteiger partial charge in [0, 0.05) is 4.47 Å². The summed E-state index contributed by atoms with van der Waals surface area (Å²) in [6.45, 7) is 3.02. The van der Waals surface area contributed by atoms with Crippen molar-refractivity contribution in [2.24, 2.45) is 0 Å². The van der Waals surface area contributed by atoms with E-state index in [9.17, 15) is 0 Å². The lowest BCUT2D eigenvalue weighted by molar-refractivity contribution is 0.444. The average molecular weight is 408 g/mol. The van der Waals surface area contributed by atoms with Crippen molar-refractivity contribution < 1.29 is 4.42 Å². The van der Waals surface area contributed by atoms with Gasteiger partial charge in [0.1, 0.15) is 5.76 Å². The van der Waals surface area contributed by atoms with Crippen LogP contribution in [0.5, 0.6) is 0 Å². The lowest BCUT2D eigenvalue weighted by atomic mass is 10.0. The highest BCUT2D eigenvalue weighted by Gasteiger charge is 2.22. The van der Waals surface area contributed by atoms with Crippen LogP contribution in [0.15, 0.2) is 43.9 Å². The third-order valence-electron chi connectivity index (χ3n) is 2.80. The maximum absolute atomic E-state index is 6.39. The number of rotatable bonds is 5. The highest BCUT2D eigenvalue weighted by molar-refractivity contribution is 9.10. The van der Waals surface area contributed by atoms with Crippen molar-refractivity contribution in [1.82, 2.24) is 5.32 Å². The second-order valence-electron chi connectivity index (χ2n) is 4.16. The molecule has 0 saturated heterocycles. The van der Waals surface area contributed by atoms with Gasteiger partial charge in [0.15, 0.2) is 0 Å². The van der Waals surface area contributed by atoms with E-state index in [1.54, 1.807) is 6.26 Å². The largest absolute Gasteiger partial charge is 0.466 e. The van der Waals surface area contributed by atoms with Gasteiger partial charge in [-0.3, -0.25) is 0 Å². The van der Waals surface area contributed by atoms with Crippen molar-refractivity contribution in [1.29, 1.82) is 0 Å². The molecule has 0 bridgehead atoms. The van der Waals surface area contributed by atoms with Gasteiger partial charge in [-0.2, -0.15) is 0 Å². The van der Waals surface area contributed by atoms with Crippen LogP contribution in [0.3, 0.4) is 0 Å². The highest BCUT2D eigenvalue weighted by atomic mass is 79.9. The molecule has 1 aromatic heterocycles. The van der Waals surface area contributed by atoms with Gasteiger partial charge in [-0.1, -0.05) is 30.7 Å². The molecule has 0 saturated carbocycles. The summed E-state index contributed by atoms with van der Waals surface area (Å²) in [5.74, 6) is 0.841. The van der Waals surface area contributed by atoms with Crippen molar-refractivity contribution in [3.63, 3.8) is 0 Å². The molecule has 1 unspecified atom stereocenters. The Morgan fingerprint density at radius 1 is 1.26 bits per heavy atom. The fraction of sp³-hybridized carbons (Fsp3) is 0.286.